The van der Waals surface area contributed by atoms with Crippen molar-refractivity contribution in [3.8, 4) is 0 Å². The minimum Gasteiger partial charge on any atom is -0.390 e. The first kappa shape index (κ1) is 12.7. The largest absolute Gasteiger partial charge is 0.390 e. The summed E-state index contributed by atoms with van der Waals surface area (Å²) in [7, 11) is 0. The van der Waals surface area contributed by atoms with Crippen LogP contribution in [0.25, 0.3) is 0 Å². The van der Waals surface area contributed by atoms with Crippen LogP contribution in [-0.2, 0) is 0 Å². The van der Waals surface area contributed by atoms with E-state index in [1.54, 1.807) is 12.2 Å². The Balaban J connectivity index is 4.31. The minimum atomic E-state index is -0.961. The lowest BCUT2D eigenvalue weighted by atomic mass is 9.86. The number of hydrogen-bond donors (Lipinski definition) is 2. The predicted octanol–water partition coefficient (Wildman–Crippen LogP) is 2.07. The first-order valence-electron chi connectivity index (χ1n) is 4.95. The highest BCUT2D eigenvalue weighted by molar-refractivity contribution is 4.96. The van der Waals surface area contributed by atoms with Gasteiger partial charge in [0.25, 0.3) is 0 Å². The molecule has 1 radical (unpaired) electrons. The molecule has 2 unspecified atom stereocenters. The first-order chi connectivity index (χ1) is 6.10. The Morgan fingerprint density at radius 3 is 2.46 bits per heavy atom. The highest BCUT2D eigenvalue weighted by atomic mass is 16.3. The highest BCUT2D eigenvalue weighted by Gasteiger charge is 2.31. The van der Waals surface area contributed by atoms with Crippen molar-refractivity contribution >= 4 is 0 Å². The fourth-order valence-electron chi connectivity index (χ4n) is 1.51. The predicted molar refractivity (Wildman–Crippen MR) is 55.3 cm³/mol. The van der Waals surface area contributed by atoms with Crippen LogP contribution in [0.15, 0.2) is 12.2 Å². The lowest BCUT2D eigenvalue weighted by Gasteiger charge is -2.31. The maximum Gasteiger partial charge on any atom is 0.0939 e. The van der Waals surface area contributed by atoms with Crippen LogP contribution in [0.3, 0.4) is 0 Å². The summed E-state index contributed by atoms with van der Waals surface area (Å²) in [5.74, 6) is 0. The summed E-state index contributed by atoms with van der Waals surface area (Å²) in [6, 6.07) is 0. The van der Waals surface area contributed by atoms with Gasteiger partial charge in [-0.1, -0.05) is 32.4 Å². The zero-order chi connectivity index (χ0) is 10.3. The standard InChI is InChI=1S/C11H21O2/c1-4-7-9-11(13,8-5-2)10(12)6-3/h4,7,10,12-13H,1,5-6,8-9H2,2-3H3. The summed E-state index contributed by atoms with van der Waals surface area (Å²) in [4.78, 5) is 0. The van der Waals surface area contributed by atoms with Gasteiger partial charge in [0.2, 0.25) is 0 Å². The van der Waals surface area contributed by atoms with Crippen molar-refractivity contribution in [3.05, 3.63) is 19.1 Å². The second kappa shape index (κ2) is 6.17. The molecule has 0 fully saturated rings. The van der Waals surface area contributed by atoms with E-state index in [1.807, 2.05) is 13.8 Å². The van der Waals surface area contributed by atoms with Crippen molar-refractivity contribution < 1.29 is 10.2 Å². The fourth-order valence-corrected chi connectivity index (χ4v) is 1.51. The van der Waals surface area contributed by atoms with Gasteiger partial charge in [0.15, 0.2) is 0 Å². The van der Waals surface area contributed by atoms with Crippen molar-refractivity contribution in [1.82, 2.24) is 0 Å². The molecule has 0 aromatic carbocycles. The van der Waals surface area contributed by atoms with Gasteiger partial charge in [0, 0.05) is 0 Å². The van der Waals surface area contributed by atoms with Crippen LogP contribution in [0, 0.1) is 6.92 Å². The van der Waals surface area contributed by atoms with Crippen molar-refractivity contribution in [2.24, 2.45) is 0 Å². The van der Waals surface area contributed by atoms with Crippen LogP contribution >= 0.6 is 0 Å². The third kappa shape index (κ3) is 3.92. The number of aliphatic hydroxyl groups is 2. The average molecular weight is 185 g/mol. The maximum absolute atomic E-state index is 10.1. The van der Waals surface area contributed by atoms with Crippen LogP contribution in [0.1, 0.15) is 39.5 Å². The Labute approximate surface area is 81.3 Å². The maximum atomic E-state index is 10.1. The van der Waals surface area contributed by atoms with Crippen molar-refractivity contribution in [1.29, 1.82) is 0 Å². The Hall–Kier alpha value is -0.340. The molecule has 77 valence electrons. The second-order valence-electron chi connectivity index (χ2n) is 3.45. The summed E-state index contributed by atoms with van der Waals surface area (Å²) >= 11 is 0. The summed E-state index contributed by atoms with van der Waals surface area (Å²) in [6.45, 7) is 7.44. The van der Waals surface area contributed by atoms with Crippen LogP contribution in [0.4, 0.5) is 0 Å². The fraction of sp³-hybridized carbons (Fsp3) is 0.727. The van der Waals surface area contributed by atoms with Gasteiger partial charge in [-0.05, 0) is 26.2 Å². The molecule has 0 saturated carbocycles. The van der Waals surface area contributed by atoms with Gasteiger partial charge >= 0.3 is 0 Å². The molecule has 0 aliphatic heterocycles. The summed E-state index contributed by atoms with van der Waals surface area (Å²) in [5.41, 5.74) is -0.961. The van der Waals surface area contributed by atoms with E-state index >= 15 is 0 Å². The van der Waals surface area contributed by atoms with Gasteiger partial charge in [0.1, 0.15) is 0 Å². The third-order valence-electron chi connectivity index (χ3n) is 2.33. The molecule has 2 nitrogen and oxygen atoms in total. The molecule has 0 bridgehead atoms. The van der Waals surface area contributed by atoms with Crippen molar-refractivity contribution in [2.45, 2.75) is 51.2 Å². The molecule has 2 atom stereocenters. The third-order valence-corrected chi connectivity index (χ3v) is 2.33. The number of aliphatic hydroxyl groups excluding tert-OH is 1. The minimum absolute atomic E-state index is 0.485. The van der Waals surface area contributed by atoms with E-state index in [0.29, 0.717) is 19.3 Å². The molecule has 0 aliphatic rings. The molecular formula is C11H21O2. The van der Waals surface area contributed by atoms with Gasteiger partial charge in [-0.25, -0.2) is 0 Å². The number of rotatable bonds is 6. The average Bonchev–Trinajstić information content (AvgIpc) is 2.14. The molecule has 0 heterocycles. The van der Waals surface area contributed by atoms with Crippen LogP contribution in [0.5, 0.6) is 0 Å². The second-order valence-corrected chi connectivity index (χ2v) is 3.45. The summed E-state index contributed by atoms with van der Waals surface area (Å²) in [6.07, 6.45) is 5.40. The van der Waals surface area contributed by atoms with E-state index < -0.39 is 11.7 Å². The van der Waals surface area contributed by atoms with Gasteiger partial charge < -0.3 is 10.2 Å². The SMILES string of the molecule is [CH2]C=CCC(O)(CCC)C(O)CC. The van der Waals surface area contributed by atoms with Crippen LogP contribution in [-0.4, -0.2) is 21.9 Å². The summed E-state index contributed by atoms with van der Waals surface area (Å²) in [5, 5.41) is 19.7. The monoisotopic (exact) mass is 185 g/mol. The lowest BCUT2D eigenvalue weighted by Crippen LogP contribution is -2.41. The lowest BCUT2D eigenvalue weighted by molar-refractivity contribution is -0.0796. The molecule has 0 amide bonds. The Bertz CT molecular complexity index is 154. The molecule has 0 spiro atoms. The van der Waals surface area contributed by atoms with Crippen molar-refractivity contribution in [3.63, 3.8) is 0 Å². The van der Waals surface area contributed by atoms with Crippen LogP contribution in [0.2, 0.25) is 0 Å². The van der Waals surface area contributed by atoms with Gasteiger partial charge in [-0.3, -0.25) is 0 Å². The smallest absolute Gasteiger partial charge is 0.0939 e. The van der Waals surface area contributed by atoms with Crippen molar-refractivity contribution in [2.75, 3.05) is 0 Å². The first-order valence-corrected chi connectivity index (χ1v) is 4.95. The van der Waals surface area contributed by atoms with E-state index in [2.05, 4.69) is 6.92 Å². The molecule has 0 aromatic heterocycles. The zero-order valence-electron chi connectivity index (χ0n) is 8.66. The Morgan fingerprint density at radius 2 is 2.08 bits per heavy atom. The molecule has 0 rings (SSSR count). The highest BCUT2D eigenvalue weighted by Crippen LogP contribution is 2.24. The molecular weight excluding hydrogens is 164 g/mol. The van der Waals surface area contributed by atoms with E-state index in [0.717, 1.165) is 6.42 Å². The molecule has 0 saturated heterocycles. The van der Waals surface area contributed by atoms with Gasteiger partial charge in [0.05, 0.1) is 11.7 Å². The topological polar surface area (TPSA) is 40.5 Å². The molecule has 0 aromatic rings. The molecule has 2 heteroatoms. The van der Waals surface area contributed by atoms with Crippen LogP contribution < -0.4 is 0 Å². The molecule has 13 heavy (non-hydrogen) atoms. The molecule has 2 N–H and O–H groups in total. The normalized spacial score (nSPS) is 18.8. The summed E-state index contributed by atoms with van der Waals surface area (Å²) < 4.78 is 0. The Morgan fingerprint density at radius 1 is 1.46 bits per heavy atom. The molecule has 0 aliphatic carbocycles. The van der Waals surface area contributed by atoms with E-state index in [1.165, 1.54) is 0 Å². The van der Waals surface area contributed by atoms with E-state index in [4.69, 9.17) is 0 Å². The van der Waals surface area contributed by atoms with Gasteiger partial charge in [-0.15, -0.1) is 0 Å². The Kier molecular flexibility index (Phi) is 6.00. The zero-order valence-corrected chi connectivity index (χ0v) is 8.66. The van der Waals surface area contributed by atoms with E-state index in [-0.39, 0.29) is 0 Å². The number of hydrogen-bond acceptors (Lipinski definition) is 2. The number of allylic oxidation sites excluding steroid dienone is 1. The quantitative estimate of drug-likeness (QED) is 0.665. The van der Waals surface area contributed by atoms with E-state index in [9.17, 15) is 10.2 Å². The van der Waals surface area contributed by atoms with Gasteiger partial charge in [-0.2, -0.15) is 0 Å².